The van der Waals surface area contributed by atoms with Crippen molar-refractivity contribution in [1.29, 1.82) is 0 Å². The molecule has 0 spiro atoms. The van der Waals surface area contributed by atoms with Crippen LogP contribution < -0.4 is 5.32 Å². The van der Waals surface area contributed by atoms with E-state index < -0.39 is 18.0 Å². The molecule has 2 aromatic carbocycles. The van der Waals surface area contributed by atoms with Gasteiger partial charge in [-0.2, -0.15) is 5.10 Å². The molecule has 3 aromatic rings. The molecule has 4 nitrogen and oxygen atoms in total. The second-order valence-corrected chi connectivity index (χ2v) is 6.86. The van der Waals surface area contributed by atoms with Gasteiger partial charge >= 0.3 is 0 Å². The predicted octanol–water partition coefficient (Wildman–Crippen LogP) is 6.24. The molecule has 0 saturated carbocycles. The van der Waals surface area contributed by atoms with Crippen molar-refractivity contribution >= 4 is 46.4 Å². The molecule has 3 rings (SSSR count). The van der Waals surface area contributed by atoms with Crippen molar-refractivity contribution in [2.24, 2.45) is 7.05 Å². The number of nitrogens with one attached hydrogen (secondary N) is 1. The van der Waals surface area contributed by atoms with Crippen LogP contribution in [0.3, 0.4) is 0 Å². The molecule has 0 unspecified atom stereocenters. The summed E-state index contributed by atoms with van der Waals surface area (Å²) < 4.78 is 27.5. The molecule has 1 heterocycles. The number of rotatable bonds is 4. The fourth-order valence-electron chi connectivity index (χ4n) is 2.70. The minimum Gasteiger partial charge on any atom is -0.321 e. The first kappa shape index (κ1) is 19.6. The topological polar surface area (TPSA) is 46.9 Å². The lowest BCUT2D eigenvalue weighted by Crippen LogP contribution is -2.15. The highest BCUT2D eigenvalue weighted by Gasteiger charge is 2.28. The molecule has 0 atom stereocenters. The Kier molecular flexibility index (Phi) is 5.69. The predicted molar refractivity (Wildman–Crippen MR) is 103 cm³/mol. The summed E-state index contributed by atoms with van der Waals surface area (Å²) >= 11 is 18.0. The van der Waals surface area contributed by atoms with Gasteiger partial charge in [-0.15, -0.1) is 0 Å². The van der Waals surface area contributed by atoms with E-state index in [9.17, 15) is 13.6 Å². The van der Waals surface area contributed by atoms with Crippen molar-refractivity contribution in [3.63, 3.8) is 0 Å². The van der Waals surface area contributed by atoms with Gasteiger partial charge in [0, 0.05) is 28.3 Å². The zero-order valence-electron chi connectivity index (χ0n) is 13.8. The van der Waals surface area contributed by atoms with Crippen molar-refractivity contribution in [2.45, 2.75) is 6.43 Å². The lowest BCUT2D eigenvalue weighted by molar-refractivity contribution is 0.100. The highest BCUT2D eigenvalue weighted by molar-refractivity contribution is 6.35. The zero-order chi connectivity index (χ0) is 19.7. The van der Waals surface area contributed by atoms with Crippen molar-refractivity contribution in [2.75, 3.05) is 5.32 Å². The fourth-order valence-corrected chi connectivity index (χ4v) is 3.52. The first-order valence-corrected chi connectivity index (χ1v) is 8.78. The molecule has 0 fully saturated rings. The summed E-state index contributed by atoms with van der Waals surface area (Å²) in [6.07, 6.45) is -2.90. The zero-order valence-corrected chi connectivity index (χ0v) is 16.1. The largest absolute Gasteiger partial charge is 0.321 e. The number of alkyl halides is 2. The molecule has 0 aliphatic heterocycles. The average Bonchev–Trinajstić information content (AvgIpc) is 2.88. The fraction of sp³-hybridized carbons (Fsp3) is 0.111. The molecule has 1 N–H and O–H groups in total. The maximum absolute atomic E-state index is 13.3. The van der Waals surface area contributed by atoms with Crippen LogP contribution in [0, 0.1) is 0 Å². The highest BCUT2D eigenvalue weighted by atomic mass is 35.5. The van der Waals surface area contributed by atoms with Gasteiger partial charge in [-0.05, 0) is 29.8 Å². The second-order valence-electron chi connectivity index (χ2n) is 5.63. The van der Waals surface area contributed by atoms with Crippen molar-refractivity contribution in [1.82, 2.24) is 9.78 Å². The number of halogens is 5. The second kappa shape index (κ2) is 7.84. The molecule has 1 amide bonds. The Hall–Kier alpha value is -2.15. The van der Waals surface area contributed by atoms with Crippen molar-refractivity contribution < 1.29 is 13.6 Å². The number of hydrogen-bond acceptors (Lipinski definition) is 2. The van der Waals surface area contributed by atoms with Gasteiger partial charge < -0.3 is 5.32 Å². The molecule has 0 radical (unpaired) electrons. The monoisotopic (exact) mass is 429 g/mol. The number of benzene rings is 2. The number of anilines is 1. The molecule has 27 heavy (non-hydrogen) atoms. The Morgan fingerprint density at radius 1 is 1.11 bits per heavy atom. The van der Waals surface area contributed by atoms with Crippen molar-refractivity contribution in [3.05, 3.63) is 68.9 Å². The summed E-state index contributed by atoms with van der Waals surface area (Å²) in [6, 6.07) is 11.8. The van der Waals surface area contributed by atoms with E-state index in [2.05, 4.69) is 10.4 Å². The van der Waals surface area contributed by atoms with E-state index in [-0.39, 0.29) is 10.7 Å². The highest BCUT2D eigenvalue weighted by Crippen LogP contribution is 2.34. The lowest BCUT2D eigenvalue weighted by Gasteiger charge is -2.12. The third-order valence-electron chi connectivity index (χ3n) is 3.83. The Labute approximate surface area is 168 Å². The number of amides is 1. The summed E-state index contributed by atoms with van der Waals surface area (Å²) in [7, 11) is 1.30. The van der Waals surface area contributed by atoms with Crippen LogP contribution in [0.5, 0.6) is 0 Å². The van der Waals surface area contributed by atoms with Gasteiger partial charge in [-0.3, -0.25) is 9.48 Å². The van der Waals surface area contributed by atoms with E-state index in [4.69, 9.17) is 34.8 Å². The van der Waals surface area contributed by atoms with Crippen LogP contribution in [-0.2, 0) is 7.05 Å². The number of nitrogens with zero attached hydrogens (tertiary/aromatic N) is 2. The van der Waals surface area contributed by atoms with Gasteiger partial charge in [0.15, 0.2) is 5.15 Å². The number of para-hydroxylation sites is 1. The molecular weight excluding hydrogens is 419 g/mol. The first-order chi connectivity index (χ1) is 12.8. The number of carbonyl (C=O) groups excluding carboxylic acids is 1. The molecule has 1 aromatic heterocycles. The van der Waals surface area contributed by atoms with Crippen molar-refractivity contribution in [3.8, 4) is 11.1 Å². The summed E-state index contributed by atoms with van der Waals surface area (Å²) in [4.78, 5) is 12.7. The van der Waals surface area contributed by atoms with Gasteiger partial charge in [0.2, 0.25) is 0 Å². The maximum atomic E-state index is 13.3. The molecule has 0 bridgehead atoms. The van der Waals surface area contributed by atoms with E-state index >= 15 is 0 Å². The van der Waals surface area contributed by atoms with Gasteiger partial charge in [0.25, 0.3) is 12.3 Å². The minimum atomic E-state index is -2.90. The van der Waals surface area contributed by atoms with E-state index in [0.717, 1.165) is 4.68 Å². The van der Waals surface area contributed by atoms with Crippen LogP contribution in [0.15, 0.2) is 42.5 Å². The first-order valence-electron chi connectivity index (χ1n) is 7.65. The average molecular weight is 431 g/mol. The summed E-state index contributed by atoms with van der Waals surface area (Å²) in [5, 5.41) is 6.87. The van der Waals surface area contributed by atoms with E-state index in [0.29, 0.717) is 26.9 Å². The van der Waals surface area contributed by atoms with Crippen LogP contribution in [0.1, 0.15) is 22.5 Å². The van der Waals surface area contributed by atoms with Gasteiger partial charge in [-0.1, -0.05) is 53.0 Å². The molecule has 0 saturated heterocycles. The summed E-state index contributed by atoms with van der Waals surface area (Å²) in [5.41, 5.74) is 0.749. The maximum Gasteiger partial charge on any atom is 0.280 e. The van der Waals surface area contributed by atoms with Gasteiger partial charge in [0.1, 0.15) is 11.3 Å². The van der Waals surface area contributed by atoms with Crippen LogP contribution >= 0.6 is 34.8 Å². The van der Waals surface area contributed by atoms with Crippen LogP contribution in [0.2, 0.25) is 15.2 Å². The number of carbonyl (C=O) groups is 1. The molecular formula is C18H12Cl3F2N3O. The smallest absolute Gasteiger partial charge is 0.280 e. The molecule has 9 heteroatoms. The third-order valence-corrected chi connectivity index (χ3v) is 4.53. The van der Waals surface area contributed by atoms with Crippen LogP contribution in [0.4, 0.5) is 14.5 Å². The normalized spacial score (nSPS) is 11.1. The SMILES string of the molecule is Cn1nc(Cl)c(C(=O)Nc2ccccc2-c2cc(Cl)cc(Cl)c2)c1C(F)F. The van der Waals surface area contributed by atoms with E-state index in [1.165, 1.54) is 7.05 Å². The van der Waals surface area contributed by atoms with E-state index in [1.54, 1.807) is 42.5 Å². The van der Waals surface area contributed by atoms with E-state index in [1.807, 2.05) is 0 Å². The van der Waals surface area contributed by atoms with Gasteiger partial charge in [0.05, 0.1) is 0 Å². The number of hydrogen-bond donors (Lipinski definition) is 1. The molecule has 140 valence electrons. The van der Waals surface area contributed by atoms with Crippen LogP contribution in [-0.4, -0.2) is 15.7 Å². The van der Waals surface area contributed by atoms with Crippen LogP contribution in [0.25, 0.3) is 11.1 Å². The molecule has 0 aliphatic carbocycles. The number of aryl methyl sites for hydroxylation is 1. The number of aromatic nitrogens is 2. The third kappa shape index (κ3) is 4.08. The summed E-state index contributed by atoms with van der Waals surface area (Å²) in [5.74, 6) is -0.788. The quantitative estimate of drug-likeness (QED) is 0.533. The Balaban J connectivity index is 2.02. The minimum absolute atomic E-state index is 0.298. The Morgan fingerprint density at radius 2 is 1.74 bits per heavy atom. The Bertz CT molecular complexity index is 1000. The standard InChI is InChI=1S/C18H12Cl3F2N3O/c1-26-15(17(22)23)14(16(21)25-26)18(27)24-13-5-3-2-4-12(13)9-6-10(19)8-11(20)7-9/h2-8,17H,1H3,(H,24,27). The Morgan fingerprint density at radius 3 is 2.37 bits per heavy atom. The lowest BCUT2D eigenvalue weighted by atomic mass is 10.0. The van der Waals surface area contributed by atoms with Gasteiger partial charge in [-0.25, -0.2) is 8.78 Å². The summed E-state index contributed by atoms with van der Waals surface area (Å²) in [6.45, 7) is 0. The molecule has 0 aliphatic rings.